The molecule has 0 atom stereocenters. The maximum Gasteiger partial charge on any atom is 0.495 e. The molecule has 0 radical (unpaired) electrons. The minimum atomic E-state index is -0.911. The molecule has 5 heteroatoms. The highest BCUT2D eigenvalue weighted by Gasteiger charge is 2.52. The Bertz CT molecular complexity index is 547. The summed E-state index contributed by atoms with van der Waals surface area (Å²) in [7, 11) is -0.457. The smallest absolute Gasteiger partial charge is 0.478 e. The molecule has 1 N–H and O–H groups in total. The fraction of sp³-hybridized carbons (Fsp3) is 0.533. The van der Waals surface area contributed by atoms with Crippen molar-refractivity contribution < 1.29 is 19.2 Å². The van der Waals surface area contributed by atoms with E-state index in [1.54, 1.807) is 13.0 Å². The maximum absolute atomic E-state index is 11.2. The largest absolute Gasteiger partial charge is 0.495 e. The number of rotatable bonds is 2. The lowest BCUT2D eigenvalue weighted by atomic mass is 9.75. The second-order valence-electron chi connectivity index (χ2n) is 6.42. The van der Waals surface area contributed by atoms with Gasteiger partial charge in [0, 0.05) is 0 Å². The van der Waals surface area contributed by atoms with Crippen LogP contribution < -0.4 is 5.46 Å². The van der Waals surface area contributed by atoms with E-state index in [1.807, 2.05) is 40.7 Å². The summed E-state index contributed by atoms with van der Waals surface area (Å²) < 4.78 is 12.0. The van der Waals surface area contributed by atoms with Gasteiger partial charge in [0.15, 0.2) is 0 Å². The molecule has 0 unspecified atom stereocenters. The molecular formula is C15H21BO4. The lowest BCUT2D eigenvalue weighted by Crippen LogP contribution is -2.41. The Morgan fingerprint density at radius 2 is 1.55 bits per heavy atom. The lowest BCUT2D eigenvalue weighted by molar-refractivity contribution is 0.00578. The van der Waals surface area contributed by atoms with Gasteiger partial charge in [-0.1, -0.05) is 11.6 Å². The summed E-state index contributed by atoms with van der Waals surface area (Å²) in [6.07, 6.45) is 0. The molecule has 1 saturated heterocycles. The summed E-state index contributed by atoms with van der Waals surface area (Å²) in [5.74, 6) is -0.911. The minimum absolute atomic E-state index is 0.322. The Morgan fingerprint density at radius 1 is 1.05 bits per heavy atom. The summed E-state index contributed by atoms with van der Waals surface area (Å²) in [5.41, 5.74) is 2.00. The number of aryl methyl sites for hydroxylation is 2. The van der Waals surface area contributed by atoms with Crippen LogP contribution in [0.15, 0.2) is 12.1 Å². The van der Waals surface area contributed by atoms with Crippen molar-refractivity contribution in [3.05, 3.63) is 28.8 Å². The third kappa shape index (κ3) is 2.36. The first-order chi connectivity index (χ1) is 9.05. The highest BCUT2D eigenvalue weighted by atomic mass is 16.7. The molecule has 0 saturated carbocycles. The van der Waals surface area contributed by atoms with Gasteiger partial charge in [0.05, 0.1) is 16.8 Å². The lowest BCUT2D eigenvalue weighted by Gasteiger charge is -2.32. The molecule has 1 aliphatic heterocycles. The van der Waals surface area contributed by atoms with E-state index < -0.39 is 24.3 Å². The van der Waals surface area contributed by atoms with E-state index in [0.717, 1.165) is 11.0 Å². The predicted molar refractivity (Wildman–Crippen MR) is 78.6 cm³/mol. The van der Waals surface area contributed by atoms with Crippen molar-refractivity contribution in [3.8, 4) is 0 Å². The molecule has 20 heavy (non-hydrogen) atoms. The zero-order chi connectivity index (χ0) is 15.3. The normalized spacial score (nSPS) is 20.2. The molecule has 1 heterocycles. The van der Waals surface area contributed by atoms with Gasteiger partial charge in [-0.2, -0.15) is 0 Å². The maximum atomic E-state index is 11.2. The highest BCUT2D eigenvalue weighted by molar-refractivity contribution is 6.62. The number of carboxylic acid groups (broad SMARTS) is 1. The zero-order valence-corrected chi connectivity index (χ0v) is 12.9. The van der Waals surface area contributed by atoms with E-state index in [1.165, 1.54) is 0 Å². The molecule has 1 aliphatic rings. The van der Waals surface area contributed by atoms with Crippen LogP contribution in [0.3, 0.4) is 0 Å². The van der Waals surface area contributed by atoms with Gasteiger partial charge < -0.3 is 14.4 Å². The Balaban J connectivity index is 2.41. The van der Waals surface area contributed by atoms with Gasteiger partial charge in [-0.3, -0.25) is 0 Å². The van der Waals surface area contributed by atoms with Crippen LogP contribution in [0, 0.1) is 13.8 Å². The molecule has 0 amide bonds. The quantitative estimate of drug-likeness (QED) is 0.842. The second-order valence-corrected chi connectivity index (χ2v) is 6.42. The zero-order valence-electron chi connectivity index (χ0n) is 12.9. The third-order valence-electron chi connectivity index (χ3n) is 4.35. The van der Waals surface area contributed by atoms with E-state index in [-0.39, 0.29) is 0 Å². The Labute approximate surface area is 120 Å². The fourth-order valence-corrected chi connectivity index (χ4v) is 2.29. The Morgan fingerprint density at radius 3 is 2.00 bits per heavy atom. The molecule has 0 spiro atoms. The van der Waals surface area contributed by atoms with Crippen LogP contribution >= 0.6 is 0 Å². The van der Waals surface area contributed by atoms with E-state index in [9.17, 15) is 4.79 Å². The molecule has 1 aromatic rings. The number of benzene rings is 1. The van der Waals surface area contributed by atoms with Crippen molar-refractivity contribution in [1.29, 1.82) is 0 Å². The van der Waals surface area contributed by atoms with Gasteiger partial charge in [0.25, 0.3) is 0 Å². The average molecular weight is 276 g/mol. The van der Waals surface area contributed by atoms with E-state index in [4.69, 9.17) is 14.4 Å². The molecular weight excluding hydrogens is 255 g/mol. The summed E-state index contributed by atoms with van der Waals surface area (Å²) in [6.45, 7) is 11.7. The molecule has 1 aromatic carbocycles. The van der Waals surface area contributed by atoms with Gasteiger partial charge in [0.1, 0.15) is 0 Å². The van der Waals surface area contributed by atoms with Gasteiger partial charge in [0.2, 0.25) is 0 Å². The number of carbonyl (C=O) groups is 1. The van der Waals surface area contributed by atoms with Gasteiger partial charge in [-0.05, 0) is 58.6 Å². The molecule has 0 aliphatic carbocycles. The van der Waals surface area contributed by atoms with Crippen molar-refractivity contribution in [1.82, 2.24) is 0 Å². The first-order valence-electron chi connectivity index (χ1n) is 6.75. The molecule has 4 nitrogen and oxygen atoms in total. The number of hydrogen-bond donors (Lipinski definition) is 1. The Kier molecular flexibility index (Phi) is 3.47. The number of carboxylic acids is 1. The number of hydrogen-bond acceptors (Lipinski definition) is 3. The molecule has 1 fully saturated rings. The van der Waals surface area contributed by atoms with Crippen LogP contribution in [-0.2, 0) is 9.31 Å². The van der Waals surface area contributed by atoms with Crippen molar-refractivity contribution >= 4 is 18.6 Å². The van der Waals surface area contributed by atoms with Crippen molar-refractivity contribution in [2.75, 3.05) is 0 Å². The number of aromatic carboxylic acids is 1. The summed E-state index contributed by atoms with van der Waals surface area (Å²) in [6, 6.07) is 3.53. The first kappa shape index (κ1) is 15.1. The Hall–Kier alpha value is -1.33. The first-order valence-corrected chi connectivity index (χ1v) is 6.75. The average Bonchev–Trinajstić information content (AvgIpc) is 2.50. The summed E-state index contributed by atoms with van der Waals surface area (Å²) in [5, 5.41) is 9.15. The molecule has 2 rings (SSSR count). The molecule has 0 aromatic heterocycles. The second kappa shape index (κ2) is 4.60. The SMILES string of the molecule is Cc1cc(C(=O)O)c(C)cc1B1OC(C)(C)C(C)(C)O1. The van der Waals surface area contributed by atoms with Crippen LogP contribution in [0.1, 0.15) is 49.2 Å². The van der Waals surface area contributed by atoms with Crippen molar-refractivity contribution in [3.63, 3.8) is 0 Å². The third-order valence-corrected chi connectivity index (χ3v) is 4.35. The van der Waals surface area contributed by atoms with Crippen LogP contribution in [0.4, 0.5) is 0 Å². The minimum Gasteiger partial charge on any atom is -0.478 e. The van der Waals surface area contributed by atoms with Gasteiger partial charge >= 0.3 is 13.1 Å². The predicted octanol–water partition coefficient (Wildman–Crippen LogP) is 2.30. The monoisotopic (exact) mass is 276 g/mol. The fourth-order valence-electron chi connectivity index (χ4n) is 2.29. The topological polar surface area (TPSA) is 55.8 Å². The van der Waals surface area contributed by atoms with E-state index >= 15 is 0 Å². The van der Waals surface area contributed by atoms with Crippen LogP contribution in [0.25, 0.3) is 0 Å². The van der Waals surface area contributed by atoms with E-state index in [0.29, 0.717) is 11.1 Å². The molecule has 0 bridgehead atoms. The molecule has 108 valence electrons. The van der Waals surface area contributed by atoms with Crippen LogP contribution in [0.2, 0.25) is 0 Å². The summed E-state index contributed by atoms with van der Waals surface area (Å²) in [4.78, 5) is 11.2. The van der Waals surface area contributed by atoms with E-state index in [2.05, 4.69) is 0 Å². The van der Waals surface area contributed by atoms with Crippen LogP contribution in [0.5, 0.6) is 0 Å². The van der Waals surface area contributed by atoms with Crippen LogP contribution in [-0.4, -0.2) is 29.4 Å². The van der Waals surface area contributed by atoms with Crippen molar-refractivity contribution in [2.45, 2.75) is 52.7 Å². The van der Waals surface area contributed by atoms with Gasteiger partial charge in [-0.25, -0.2) is 4.79 Å². The highest BCUT2D eigenvalue weighted by Crippen LogP contribution is 2.36. The standard InChI is InChI=1S/C15H21BO4/c1-9-8-12(10(2)7-11(9)13(17)18)16-19-14(3,4)15(5,6)20-16/h7-8H,1-6H3,(H,17,18). The summed E-state index contributed by atoms with van der Waals surface area (Å²) >= 11 is 0. The van der Waals surface area contributed by atoms with Crippen molar-refractivity contribution in [2.24, 2.45) is 0 Å². The van der Waals surface area contributed by atoms with Gasteiger partial charge in [-0.15, -0.1) is 0 Å².